The highest BCUT2D eigenvalue weighted by Gasteiger charge is 1.93. The Morgan fingerprint density at radius 2 is 2.60 bits per heavy atom. The van der Waals surface area contributed by atoms with E-state index in [0.29, 0.717) is 0 Å². The number of aromatic nitrogens is 2. The first-order valence-electron chi connectivity index (χ1n) is 3.03. The Morgan fingerprint density at radius 3 is 3.10 bits per heavy atom. The number of aromatic amines is 1. The van der Waals surface area contributed by atoms with Gasteiger partial charge in [-0.05, 0) is 12.5 Å². The van der Waals surface area contributed by atoms with Crippen LogP contribution in [-0.2, 0) is 4.74 Å². The van der Waals surface area contributed by atoms with Crippen LogP contribution in [0.2, 0.25) is 0 Å². The second kappa shape index (κ2) is 3.06. The van der Waals surface area contributed by atoms with Crippen molar-refractivity contribution in [3.8, 4) is 0 Å². The van der Waals surface area contributed by atoms with Gasteiger partial charge >= 0.3 is 0 Å². The van der Waals surface area contributed by atoms with Gasteiger partial charge in [-0.3, -0.25) is 5.10 Å². The fraction of sp³-hybridized carbons (Fsp3) is 0.286. The van der Waals surface area contributed by atoms with Gasteiger partial charge in [0, 0.05) is 11.8 Å². The van der Waals surface area contributed by atoms with Crippen LogP contribution in [0.4, 0.5) is 0 Å². The SMILES string of the molecule is CO/C=C(\C)c1cn[nH]c1. The molecule has 3 nitrogen and oxygen atoms in total. The van der Waals surface area contributed by atoms with Crippen LogP contribution in [0.1, 0.15) is 12.5 Å². The van der Waals surface area contributed by atoms with Gasteiger partial charge in [0.25, 0.3) is 0 Å². The lowest BCUT2D eigenvalue weighted by Gasteiger charge is -1.93. The molecule has 0 radical (unpaired) electrons. The van der Waals surface area contributed by atoms with Crippen LogP contribution in [0.15, 0.2) is 18.7 Å². The van der Waals surface area contributed by atoms with Gasteiger partial charge in [0.15, 0.2) is 0 Å². The number of ether oxygens (including phenoxy) is 1. The van der Waals surface area contributed by atoms with Crippen molar-refractivity contribution in [3.63, 3.8) is 0 Å². The van der Waals surface area contributed by atoms with E-state index in [0.717, 1.165) is 11.1 Å². The predicted octanol–water partition coefficient (Wildman–Crippen LogP) is 1.42. The van der Waals surface area contributed by atoms with E-state index in [9.17, 15) is 0 Å². The Balaban J connectivity index is 2.77. The third-order valence-electron chi connectivity index (χ3n) is 1.25. The molecule has 0 aromatic carbocycles. The molecular weight excluding hydrogens is 128 g/mol. The second-order valence-electron chi connectivity index (χ2n) is 2.02. The van der Waals surface area contributed by atoms with Crippen molar-refractivity contribution >= 4 is 5.57 Å². The molecule has 0 spiro atoms. The molecule has 1 aromatic heterocycles. The van der Waals surface area contributed by atoms with Gasteiger partial charge in [-0.1, -0.05) is 0 Å². The van der Waals surface area contributed by atoms with Gasteiger partial charge in [0.05, 0.1) is 19.6 Å². The lowest BCUT2D eigenvalue weighted by atomic mass is 10.2. The van der Waals surface area contributed by atoms with E-state index in [1.165, 1.54) is 0 Å². The van der Waals surface area contributed by atoms with Crippen molar-refractivity contribution in [1.29, 1.82) is 0 Å². The van der Waals surface area contributed by atoms with Gasteiger partial charge in [-0.25, -0.2) is 0 Å². The predicted molar refractivity (Wildman–Crippen MR) is 39.2 cm³/mol. The molecule has 54 valence electrons. The van der Waals surface area contributed by atoms with E-state index in [2.05, 4.69) is 10.2 Å². The number of rotatable bonds is 2. The molecule has 0 aliphatic heterocycles. The van der Waals surface area contributed by atoms with Crippen molar-refractivity contribution < 1.29 is 4.74 Å². The van der Waals surface area contributed by atoms with Gasteiger partial charge in [0.1, 0.15) is 0 Å². The van der Waals surface area contributed by atoms with E-state index >= 15 is 0 Å². The molecule has 0 atom stereocenters. The normalized spacial score (nSPS) is 11.6. The standard InChI is InChI=1S/C7H10N2O/c1-6(5-10-2)7-3-8-9-4-7/h3-5H,1-2H3,(H,8,9)/b6-5+. The number of hydrogen-bond donors (Lipinski definition) is 1. The maximum atomic E-state index is 4.82. The van der Waals surface area contributed by atoms with Gasteiger partial charge < -0.3 is 4.74 Å². The fourth-order valence-corrected chi connectivity index (χ4v) is 0.711. The monoisotopic (exact) mass is 138 g/mol. The average molecular weight is 138 g/mol. The van der Waals surface area contributed by atoms with Crippen LogP contribution in [-0.4, -0.2) is 17.3 Å². The number of methoxy groups -OCH3 is 1. The minimum atomic E-state index is 1.06. The first-order chi connectivity index (χ1) is 4.84. The Kier molecular flexibility index (Phi) is 2.10. The van der Waals surface area contributed by atoms with Gasteiger partial charge in [0.2, 0.25) is 0 Å². The zero-order valence-corrected chi connectivity index (χ0v) is 6.09. The van der Waals surface area contributed by atoms with Crippen LogP contribution in [0.3, 0.4) is 0 Å². The van der Waals surface area contributed by atoms with Gasteiger partial charge in [-0.15, -0.1) is 0 Å². The topological polar surface area (TPSA) is 37.9 Å². The van der Waals surface area contributed by atoms with E-state index in [4.69, 9.17) is 4.74 Å². The molecule has 0 saturated heterocycles. The number of hydrogen-bond acceptors (Lipinski definition) is 2. The molecule has 0 saturated carbocycles. The van der Waals surface area contributed by atoms with Crippen LogP contribution >= 0.6 is 0 Å². The van der Waals surface area contributed by atoms with Crippen molar-refractivity contribution in [3.05, 3.63) is 24.2 Å². The summed E-state index contributed by atoms with van der Waals surface area (Å²) in [5.74, 6) is 0. The minimum Gasteiger partial charge on any atom is -0.504 e. The van der Waals surface area contributed by atoms with Crippen LogP contribution < -0.4 is 0 Å². The van der Waals surface area contributed by atoms with E-state index in [1.807, 2.05) is 13.1 Å². The van der Waals surface area contributed by atoms with Crippen molar-refractivity contribution in [2.75, 3.05) is 7.11 Å². The molecule has 1 rings (SSSR count). The summed E-state index contributed by atoms with van der Waals surface area (Å²) in [5.41, 5.74) is 2.12. The maximum absolute atomic E-state index is 4.82. The summed E-state index contributed by atoms with van der Waals surface area (Å²) in [6, 6.07) is 0. The summed E-state index contributed by atoms with van der Waals surface area (Å²) in [5, 5.41) is 6.53. The first-order valence-corrected chi connectivity index (χ1v) is 3.03. The van der Waals surface area contributed by atoms with E-state index < -0.39 is 0 Å². The molecule has 1 N–H and O–H groups in total. The molecule has 0 unspecified atom stereocenters. The smallest absolute Gasteiger partial charge is 0.0860 e. The molecule has 1 heterocycles. The summed E-state index contributed by atoms with van der Waals surface area (Å²) < 4.78 is 4.82. The zero-order chi connectivity index (χ0) is 7.40. The second-order valence-corrected chi connectivity index (χ2v) is 2.02. The third kappa shape index (κ3) is 1.37. The molecule has 10 heavy (non-hydrogen) atoms. The van der Waals surface area contributed by atoms with Crippen LogP contribution in [0.5, 0.6) is 0 Å². The van der Waals surface area contributed by atoms with Crippen molar-refractivity contribution in [2.45, 2.75) is 6.92 Å². The highest BCUT2D eigenvalue weighted by atomic mass is 16.5. The summed E-state index contributed by atoms with van der Waals surface area (Å²) >= 11 is 0. The number of allylic oxidation sites excluding steroid dienone is 1. The molecule has 1 aromatic rings. The lowest BCUT2D eigenvalue weighted by molar-refractivity contribution is 0.339. The summed E-state index contributed by atoms with van der Waals surface area (Å²) in [7, 11) is 1.63. The van der Waals surface area contributed by atoms with Crippen molar-refractivity contribution in [1.82, 2.24) is 10.2 Å². The quantitative estimate of drug-likeness (QED) is 0.627. The molecule has 0 aliphatic rings. The molecule has 0 fully saturated rings. The summed E-state index contributed by atoms with van der Waals surface area (Å²) in [6.07, 6.45) is 5.26. The molecular formula is C7H10N2O. The Hall–Kier alpha value is -1.25. The highest BCUT2D eigenvalue weighted by molar-refractivity contribution is 5.60. The third-order valence-corrected chi connectivity index (χ3v) is 1.25. The Bertz CT molecular complexity index is 214. The number of nitrogens with zero attached hydrogens (tertiary/aromatic N) is 1. The summed E-state index contributed by atoms with van der Waals surface area (Å²) in [6.45, 7) is 1.97. The summed E-state index contributed by atoms with van der Waals surface area (Å²) in [4.78, 5) is 0. The zero-order valence-electron chi connectivity index (χ0n) is 6.09. The maximum Gasteiger partial charge on any atom is 0.0860 e. The fourth-order valence-electron chi connectivity index (χ4n) is 0.711. The average Bonchev–Trinajstić information content (AvgIpc) is 2.38. The van der Waals surface area contributed by atoms with Crippen molar-refractivity contribution in [2.24, 2.45) is 0 Å². The Labute approximate surface area is 59.7 Å². The lowest BCUT2D eigenvalue weighted by Crippen LogP contribution is -1.75. The van der Waals surface area contributed by atoms with E-state index in [1.54, 1.807) is 19.6 Å². The minimum absolute atomic E-state index is 1.06. The molecule has 0 bridgehead atoms. The highest BCUT2D eigenvalue weighted by Crippen LogP contribution is 2.09. The first kappa shape index (κ1) is 6.86. The number of H-pyrrole nitrogens is 1. The number of nitrogens with one attached hydrogen (secondary N) is 1. The largest absolute Gasteiger partial charge is 0.504 e. The Morgan fingerprint density at radius 1 is 1.80 bits per heavy atom. The van der Waals surface area contributed by atoms with Crippen LogP contribution in [0.25, 0.3) is 5.57 Å². The molecule has 0 aliphatic carbocycles. The molecule has 3 heteroatoms. The van der Waals surface area contributed by atoms with Crippen LogP contribution in [0, 0.1) is 0 Å². The molecule has 0 amide bonds. The van der Waals surface area contributed by atoms with E-state index in [-0.39, 0.29) is 0 Å². The van der Waals surface area contributed by atoms with Gasteiger partial charge in [-0.2, -0.15) is 5.10 Å².